The molecule has 0 fully saturated rings. The molecule has 1 atom stereocenters. The van der Waals surface area contributed by atoms with E-state index in [2.05, 4.69) is 24.5 Å². The van der Waals surface area contributed by atoms with Gasteiger partial charge in [-0.05, 0) is 24.9 Å². The van der Waals surface area contributed by atoms with Crippen molar-refractivity contribution in [3.05, 3.63) is 0 Å². The molecule has 4 nitrogen and oxygen atoms in total. The van der Waals surface area contributed by atoms with E-state index in [1.54, 1.807) is 0 Å². The molecule has 1 amide bonds. The molecule has 0 saturated heterocycles. The van der Waals surface area contributed by atoms with Crippen LogP contribution in [-0.4, -0.2) is 32.1 Å². The topological polar surface area (TPSA) is 67.2 Å². The normalized spacial score (nSPS) is 12.9. The maximum absolute atomic E-state index is 10.5. The molecule has 0 radical (unpaired) electrons. The Morgan fingerprint density at radius 1 is 1.36 bits per heavy atom. The van der Waals surface area contributed by atoms with E-state index >= 15 is 0 Å². The zero-order valence-electron chi connectivity index (χ0n) is 9.47. The molecule has 0 heterocycles. The van der Waals surface area contributed by atoms with Gasteiger partial charge in [-0.1, -0.05) is 13.8 Å². The molecule has 0 saturated carbocycles. The number of hydrogen-bond acceptors (Lipinski definition) is 3. The van der Waals surface area contributed by atoms with Crippen LogP contribution in [0.15, 0.2) is 0 Å². The number of carbonyl (C=O) groups is 1. The lowest BCUT2D eigenvalue weighted by molar-refractivity contribution is -0.118. The lowest BCUT2D eigenvalue weighted by atomic mass is 9.96. The predicted octanol–water partition coefficient (Wildman–Crippen LogP) is -0.0570. The first-order chi connectivity index (χ1) is 6.57. The molecule has 0 aromatic rings. The summed E-state index contributed by atoms with van der Waals surface area (Å²) in [6.45, 7) is 9.00. The van der Waals surface area contributed by atoms with Crippen LogP contribution < -0.4 is 16.4 Å². The Morgan fingerprint density at radius 2 is 2.00 bits per heavy atom. The van der Waals surface area contributed by atoms with Gasteiger partial charge < -0.3 is 16.4 Å². The highest BCUT2D eigenvalue weighted by Crippen LogP contribution is 2.06. The zero-order chi connectivity index (χ0) is 11.0. The number of amides is 1. The maximum Gasteiger partial charge on any atom is 0.216 e. The van der Waals surface area contributed by atoms with Gasteiger partial charge in [0.25, 0.3) is 0 Å². The molecule has 0 aliphatic heterocycles. The minimum atomic E-state index is 0.0195. The average Bonchev–Trinajstić information content (AvgIpc) is 2.10. The summed E-state index contributed by atoms with van der Waals surface area (Å²) in [6, 6.07) is 0. The highest BCUT2D eigenvalue weighted by Gasteiger charge is 2.09. The van der Waals surface area contributed by atoms with Crippen molar-refractivity contribution in [3.63, 3.8) is 0 Å². The van der Waals surface area contributed by atoms with Crippen molar-refractivity contribution in [1.82, 2.24) is 10.6 Å². The van der Waals surface area contributed by atoms with Crippen LogP contribution in [0.3, 0.4) is 0 Å². The van der Waals surface area contributed by atoms with Crippen LogP contribution in [-0.2, 0) is 4.79 Å². The summed E-state index contributed by atoms with van der Waals surface area (Å²) in [6.07, 6.45) is 0. The summed E-state index contributed by atoms with van der Waals surface area (Å²) in [5, 5.41) is 6.01. The van der Waals surface area contributed by atoms with Crippen molar-refractivity contribution in [2.45, 2.75) is 20.8 Å². The molecule has 4 N–H and O–H groups in total. The fourth-order valence-electron chi connectivity index (χ4n) is 1.21. The van der Waals surface area contributed by atoms with E-state index in [0.29, 0.717) is 24.9 Å². The van der Waals surface area contributed by atoms with Crippen LogP contribution in [0.4, 0.5) is 0 Å². The van der Waals surface area contributed by atoms with E-state index in [-0.39, 0.29) is 5.91 Å². The molecule has 0 rings (SSSR count). The van der Waals surface area contributed by atoms with Crippen LogP contribution in [0.1, 0.15) is 20.8 Å². The first-order valence-corrected chi connectivity index (χ1v) is 5.23. The summed E-state index contributed by atoms with van der Waals surface area (Å²) in [4.78, 5) is 10.5. The van der Waals surface area contributed by atoms with Gasteiger partial charge in [-0.15, -0.1) is 0 Å². The molecule has 0 aromatic carbocycles. The second-order valence-electron chi connectivity index (χ2n) is 3.93. The smallest absolute Gasteiger partial charge is 0.216 e. The SMILES string of the molecule is CC(=O)NCCNCC(CN)C(C)C. The van der Waals surface area contributed by atoms with Gasteiger partial charge in [-0.3, -0.25) is 4.79 Å². The molecule has 0 spiro atoms. The van der Waals surface area contributed by atoms with Crippen molar-refractivity contribution in [1.29, 1.82) is 0 Å². The minimum absolute atomic E-state index is 0.0195. The molecule has 14 heavy (non-hydrogen) atoms. The average molecular weight is 201 g/mol. The third kappa shape index (κ3) is 6.86. The van der Waals surface area contributed by atoms with E-state index in [1.165, 1.54) is 6.92 Å². The van der Waals surface area contributed by atoms with Gasteiger partial charge >= 0.3 is 0 Å². The van der Waals surface area contributed by atoms with Gasteiger partial charge in [0.15, 0.2) is 0 Å². The molecule has 0 bridgehead atoms. The number of hydrogen-bond donors (Lipinski definition) is 3. The summed E-state index contributed by atoms with van der Waals surface area (Å²) in [7, 11) is 0. The van der Waals surface area contributed by atoms with Gasteiger partial charge in [0, 0.05) is 20.0 Å². The first-order valence-electron chi connectivity index (χ1n) is 5.23. The van der Waals surface area contributed by atoms with Gasteiger partial charge in [0.2, 0.25) is 5.91 Å². The minimum Gasteiger partial charge on any atom is -0.355 e. The Labute approximate surface area is 86.6 Å². The number of carbonyl (C=O) groups excluding carboxylic acids is 1. The molecular formula is C10H23N3O. The summed E-state index contributed by atoms with van der Waals surface area (Å²) < 4.78 is 0. The van der Waals surface area contributed by atoms with Crippen LogP contribution in [0.25, 0.3) is 0 Å². The van der Waals surface area contributed by atoms with Crippen LogP contribution in [0, 0.1) is 11.8 Å². The zero-order valence-corrected chi connectivity index (χ0v) is 9.47. The predicted molar refractivity (Wildman–Crippen MR) is 58.9 cm³/mol. The Bertz CT molecular complexity index is 159. The lowest BCUT2D eigenvalue weighted by Gasteiger charge is -2.19. The van der Waals surface area contributed by atoms with Gasteiger partial charge in [-0.25, -0.2) is 0 Å². The third-order valence-corrected chi connectivity index (χ3v) is 2.33. The molecular weight excluding hydrogens is 178 g/mol. The maximum atomic E-state index is 10.5. The molecule has 0 aromatic heterocycles. The molecule has 4 heteroatoms. The molecule has 0 aliphatic carbocycles. The van der Waals surface area contributed by atoms with E-state index in [9.17, 15) is 4.79 Å². The number of nitrogens with one attached hydrogen (secondary N) is 2. The lowest BCUT2D eigenvalue weighted by Crippen LogP contribution is -2.36. The van der Waals surface area contributed by atoms with E-state index in [1.807, 2.05) is 0 Å². The van der Waals surface area contributed by atoms with Crippen molar-refractivity contribution >= 4 is 5.91 Å². The Balaban J connectivity index is 3.38. The second kappa shape index (κ2) is 7.76. The van der Waals surface area contributed by atoms with Gasteiger partial charge in [0.1, 0.15) is 0 Å². The largest absolute Gasteiger partial charge is 0.355 e. The summed E-state index contributed by atoms with van der Waals surface area (Å²) >= 11 is 0. The van der Waals surface area contributed by atoms with Crippen molar-refractivity contribution < 1.29 is 4.79 Å². The second-order valence-corrected chi connectivity index (χ2v) is 3.93. The van der Waals surface area contributed by atoms with Crippen molar-refractivity contribution in [2.75, 3.05) is 26.2 Å². The van der Waals surface area contributed by atoms with Crippen molar-refractivity contribution in [3.8, 4) is 0 Å². The van der Waals surface area contributed by atoms with E-state index < -0.39 is 0 Å². The highest BCUT2D eigenvalue weighted by atomic mass is 16.1. The summed E-state index contributed by atoms with van der Waals surface area (Å²) in [5.74, 6) is 1.15. The first kappa shape index (κ1) is 13.4. The van der Waals surface area contributed by atoms with E-state index in [0.717, 1.165) is 13.1 Å². The van der Waals surface area contributed by atoms with Crippen molar-refractivity contribution in [2.24, 2.45) is 17.6 Å². The number of nitrogens with two attached hydrogens (primary N) is 1. The monoisotopic (exact) mass is 201 g/mol. The Hall–Kier alpha value is -0.610. The Morgan fingerprint density at radius 3 is 2.43 bits per heavy atom. The van der Waals surface area contributed by atoms with Crippen LogP contribution >= 0.6 is 0 Å². The standard InChI is InChI=1S/C10H23N3O/c1-8(2)10(6-11)7-12-4-5-13-9(3)14/h8,10,12H,4-7,11H2,1-3H3,(H,13,14). The fourth-order valence-corrected chi connectivity index (χ4v) is 1.21. The third-order valence-electron chi connectivity index (χ3n) is 2.33. The molecule has 1 unspecified atom stereocenters. The van der Waals surface area contributed by atoms with Crippen LogP contribution in [0.5, 0.6) is 0 Å². The van der Waals surface area contributed by atoms with Crippen LogP contribution in [0.2, 0.25) is 0 Å². The Kier molecular flexibility index (Phi) is 7.42. The summed E-state index contributed by atoms with van der Waals surface area (Å²) in [5.41, 5.74) is 5.63. The van der Waals surface area contributed by atoms with Gasteiger partial charge in [-0.2, -0.15) is 0 Å². The van der Waals surface area contributed by atoms with E-state index in [4.69, 9.17) is 5.73 Å². The highest BCUT2D eigenvalue weighted by molar-refractivity contribution is 5.72. The fraction of sp³-hybridized carbons (Fsp3) is 0.900. The molecule has 0 aliphatic rings. The quantitative estimate of drug-likeness (QED) is 0.506. The molecule has 84 valence electrons. The van der Waals surface area contributed by atoms with Gasteiger partial charge in [0.05, 0.1) is 0 Å². The number of rotatable bonds is 7.